The van der Waals surface area contributed by atoms with Crippen LogP contribution in [0.2, 0.25) is 0 Å². The summed E-state index contributed by atoms with van der Waals surface area (Å²) in [6.45, 7) is 0. The molecule has 0 amide bonds. The summed E-state index contributed by atoms with van der Waals surface area (Å²) in [5, 5.41) is 25.2. The lowest BCUT2D eigenvalue weighted by Gasteiger charge is -2.26. The van der Waals surface area contributed by atoms with Gasteiger partial charge in [-0.25, -0.2) is 0 Å². The number of benzene rings is 8. The lowest BCUT2D eigenvalue weighted by Crippen LogP contribution is -2.12. The van der Waals surface area contributed by atoms with Crippen molar-refractivity contribution >= 4 is 68.3 Å². The van der Waals surface area contributed by atoms with Gasteiger partial charge in [-0.15, -0.1) is 0 Å². The fraction of sp³-hybridized carbons (Fsp3) is 0. The number of hydrogen-bond acceptors (Lipinski definition) is 8. The Labute approximate surface area is 396 Å². The highest BCUT2D eigenvalue weighted by molar-refractivity contribution is 6.50. The Balaban J connectivity index is 0.911. The molecule has 0 saturated heterocycles. The first-order valence-corrected chi connectivity index (χ1v) is 22.4. The average Bonchev–Trinajstić information content (AvgIpc) is 3.40. The first kappa shape index (κ1) is 42.5. The number of anilines is 8. The topological polar surface area (TPSA) is 103 Å². The zero-order valence-electron chi connectivity index (χ0n) is 37.0. The van der Waals surface area contributed by atoms with Crippen LogP contribution in [0.15, 0.2) is 265 Å². The van der Waals surface area contributed by atoms with E-state index in [0.29, 0.717) is 22.8 Å². The molecule has 0 aliphatic heterocycles. The molecular weight excluding hydrogens is 833 g/mol. The molecule has 8 aromatic rings. The average molecular weight is 879 g/mol. The molecule has 326 valence electrons. The zero-order chi connectivity index (χ0) is 46.1. The van der Waals surface area contributed by atoms with Crippen LogP contribution < -0.4 is 20.7 Å². The SMILES string of the molecule is N=C1C=CC=C/C1=N/Nc1ccc(N(c2ccccc2)c2cccc(-c3cccc(-c4cccc(-c5cccc(N(c6ccccc6)c6ccc(N/N=C7/C=CC=CC7=N)cc6)c5)c4)c3)c2)cc1. The van der Waals surface area contributed by atoms with Crippen molar-refractivity contribution in [3.05, 3.63) is 255 Å². The highest BCUT2D eigenvalue weighted by atomic mass is 15.3. The Hall–Kier alpha value is -9.40. The van der Waals surface area contributed by atoms with Crippen LogP contribution in [0.4, 0.5) is 45.5 Å². The summed E-state index contributed by atoms with van der Waals surface area (Å²) in [6.07, 6.45) is 14.5. The van der Waals surface area contributed by atoms with Crippen LogP contribution in [0, 0.1) is 10.8 Å². The zero-order valence-corrected chi connectivity index (χ0v) is 37.0. The van der Waals surface area contributed by atoms with Crippen LogP contribution in [0.25, 0.3) is 33.4 Å². The second-order valence-electron chi connectivity index (χ2n) is 16.2. The number of para-hydroxylation sites is 2. The van der Waals surface area contributed by atoms with Gasteiger partial charge in [-0.1, -0.05) is 121 Å². The van der Waals surface area contributed by atoms with Crippen molar-refractivity contribution in [2.75, 3.05) is 20.7 Å². The van der Waals surface area contributed by atoms with Gasteiger partial charge in [0.2, 0.25) is 0 Å². The van der Waals surface area contributed by atoms with Gasteiger partial charge in [0.15, 0.2) is 0 Å². The summed E-state index contributed by atoms with van der Waals surface area (Å²) in [5.74, 6) is 0. The second kappa shape index (κ2) is 19.8. The van der Waals surface area contributed by atoms with Crippen molar-refractivity contribution in [2.24, 2.45) is 10.2 Å². The van der Waals surface area contributed by atoms with Crippen molar-refractivity contribution < 1.29 is 0 Å². The molecule has 0 unspecified atom stereocenters. The van der Waals surface area contributed by atoms with Gasteiger partial charge in [-0.05, 0) is 167 Å². The minimum atomic E-state index is 0.370. The van der Waals surface area contributed by atoms with Gasteiger partial charge in [-0.3, -0.25) is 21.7 Å². The molecule has 0 aromatic heterocycles. The van der Waals surface area contributed by atoms with Crippen LogP contribution >= 0.6 is 0 Å². The third-order valence-corrected chi connectivity index (χ3v) is 11.6. The molecule has 0 atom stereocenters. The Bertz CT molecular complexity index is 3080. The fourth-order valence-electron chi connectivity index (χ4n) is 8.22. The van der Waals surface area contributed by atoms with Crippen molar-refractivity contribution in [3.63, 3.8) is 0 Å². The van der Waals surface area contributed by atoms with E-state index in [1.807, 2.05) is 72.9 Å². The molecule has 2 aliphatic carbocycles. The second-order valence-corrected chi connectivity index (χ2v) is 16.2. The normalized spacial score (nSPS) is 14.1. The molecular formula is C60H46N8. The Morgan fingerprint density at radius 2 is 0.603 bits per heavy atom. The van der Waals surface area contributed by atoms with Crippen molar-refractivity contribution in [3.8, 4) is 33.4 Å². The van der Waals surface area contributed by atoms with Crippen LogP contribution in [0.3, 0.4) is 0 Å². The Morgan fingerprint density at radius 3 is 0.971 bits per heavy atom. The first-order valence-electron chi connectivity index (χ1n) is 22.4. The maximum atomic E-state index is 8.14. The summed E-state index contributed by atoms with van der Waals surface area (Å²) >= 11 is 0. The minimum absolute atomic E-state index is 0.370. The van der Waals surface area contributed by atoms with Gasteiger partial charge in [0.05, 0.1) is 22.8 Å². The lowest BCUT2D eigenvalue weighted by molar-refractivity contribution is 1.27. The van der Waals surface area contributed by atoms with Gasteiger partial charge in [0.25, 0.3) is 0 Å². The molecule has 68 heavy (non-hydrogen) atoms. The van der Waals surface area contributed by atoms with E-state index in [0.717, 1.165) is 78.9 Å². The summed E-state index contributed by atoms with van der Waals surface area (Å²) < 4.78 is 0. The van der Waals surface area contributed by atoms with E-state index in [-0.39, 0.29) is 0 Å². The summed E-state index contributed by atoms with van der Waals surface area (Å²) in [4.78, 5) is 4.52. The maximum absolute atomic E-state index is 8.14. The predicted molar refractivity (Wildman–Crippen MR) is 286 cm³/mol. The van der Waals surface area contributed by atoms with Gasteiger partial charge >= 0.3 is 0 Å². The number of hydrazone groups is 2. The molecule has 0 heterocycles. The van der Waals surface area contributed by atoms with E-state index in [1.54, 1.807) is 12.2 Å². The van der Waals surface area contributed by atoms with Crippen molar-refractivity contribution in [1.29, 1.82) is 10.8 Å². The van der Waals surface area contributed by atoms with E-state index in [4.69, 9.17) is 10.8 Å². The number of allylic oxidation sites excluding steroid dienone is 8. The van der Waals surface area contributed by atoms with Crippen LogP contribution in [0.1, 0.15) is 0 Å². The van der Waals surface area contributed by atoms with Crippen LogP contribution in [0.5, 0.6) is 0 Å². The predicted octanol–water partition coefficient (Wildman–Crippen LogP) is 15.5. The first-order chi connectivity index (χ1) is 33.5. The largest absolute Gasteiger partial charge is 0.310 e. The van der Waals surface area contributed by atoms with Crippen LogP contribution in [-0.4, -0.2) is 22.8 Å². The van der Waals surface area contributed by atoms with E-state index < -0.39 is 0 Å². The molecule has 0 saturated carbocycles. The molecule has 8 heteroatoms. The van der Waals surface area contributed by atoms with Crippen molar-refractivity contribution in [2.45, 2.75) is 0 Å². The molecule has 8 aromatic carbocycles. The van der Waals surface area contributed by atoms with E-state index in [9.17, 15) is 0 Å². The van der Waals surface area contributed by atoms with Gasteiger partial charge in [0, 0.05) is 34.1 Å². The smallest absolute Gasteiger partial charge is 0.108 e. The van der Waals surface area contributed by atoms with E-state index in [2.05, 4.69) is 201 Å². The monoisotopic (exact) mass is 878 g/mol. The molecule has 0 fully saturated rings. The summed E-state index contributed by atoms with van der Waals surface area (Å²) in [7, 11) is 0. The summed E-state index contributed by atoms with van der Waals surface area (Å²) in [5.41, 5.74) is 22.7. The molecule has 8 nitrogen and oxygen atoms in total. The van der Waals surface area contributed by atoms with Crippen molar-refractivity contribution in [1.82, 2.24) is 0 Å². The minimum Gasteiger partial charge on any atom is -0.310 e. The summed E-state index contributed by atoms with van der Waals surface area (Å²) in [6, 6.07) is 72.1. The van der Waals surface area contributed by atoms with Gasteiger partial charge < -0.3 is 9.80 Å². The molecule has 2 aliphatic rings. The fourth-order valence-corrected chi connectivity index (χ4v) is 8.22. The molecule has 10 rings (SSSR count). The third-order valence-electron chi connectivity index (χ3n) is 11.6. The third kappa shape index (κ3) is 9.66. The van der Waals surface area contributed by atoms with E-state index >= 15 is 0 Å². The number of nitrogens with zero attached hydrogens (tertiary/aromatic N) is 4. The van der Waals surface area contributed by atoms with Gasteiger partial charge in [-0.2, -0.15) is 10.2 Å². The number of rotatable bonds is 13. The Morgan fingerprint density at radius 1 is 0.294 bits per heavy atom. The number of hydrogen-bond donors (Lipinski definition) is 4. The standard InChI is InChI=1S/C60H46N8/c61-57-27-7-9-29-59(57)65-63-49-31-35-53(36-32-49)67(51-21-3-1-4-22-51)55-25-13-19-47(41-55)45-17-11-15-43(39-45)44-16-12-18-46(40-44)48-20-14-26-56(42-48)68(52-23-5-2-6-24-52)54-37-33-50(34-38-54)64-66-60-30-10-8-28-58(60)62/h1-42,61-64H/b61-57?,62-58?,65-59-,66-60-. The van der Waals surface area contributed by atoms with Gasteiger partial charge in [0.1, 0.15) is 11.4 Å². The lowest BCUT2D eigenvalue weighted by atomic mass is 9.95. The molecule has 4 N–H and O–H groups in total. The van der Waals surface area contributed by atoms with E-state index in [1.165, 1.54) is 0 Å². The number of nitrogens with one attached hydrogen (secondary N) is 4. The highest BCUT2D eigenvalue weighted by Gasteiger charge is 2.16. The quantitative estimate of drug-likeness (QED) is 0.0684. The van der Waals surface area contributed by atoms with Crippen LogP contribution in [-0.2, 0) is 0 Å². The molecule has 0 spiro atoms. The Kier molecular flexibility index (Phi) is 12.4. The molecule has 0 bridgehead atoms. The highest BCUT2D eigenvalue weighted by Crippen LogP contribution is 2.40. The molecule has 0 radical (unpaired) electrons. The maximum Gasteiger partial charge on any atom is 0.108 e.